The number of carbonyl (C=O) groups is 3. The molecule has 1 aromatic heterocycles. The van der Waals surface area contributed by atoms with E-state index in [2.05, 4.69) is 20.9 Å². The monoisotopic (exact) mass is 802 g/mol. The van der Waals surface area contributed by atoms with Crippen LogP contribution in [0.3, 0.4) is 0 Å². The number of hydrogen-bond acceptors (Lipinski definition) is 8. The lowest BCUT2D eigenvalue weighted by Gasteiger charge is -2.17. The van der Waals surface area contributed by atoms with Crippen molar-refractivity contribution in [2.75, 3.05) is 17.7 Å². The van der Waals surface area contributed by atoms with Gasteiger partial charge in [0.25, 0.3) is 11.8 Å². The maximum Gasteiger partial charge on any atom is 0.272 e. The fourth-order valence-electron chi connectivity index (χ4n) is 5.87. The molecule has 0 bridgehead atoms. The molecule has 7 aromatic rings. The molecule has 288 valence electrons. The van der Waals surface area contributed by atoms with Gasteiger partial charge in [-0.3, -0.25) is 14.4 Å². The van der Waals surface area contributed by atoms with Crippen LogP contribution in [0.1, 0.15) is 32.3 Å². The van der Waals surface area contributed by atoms with Crippen LogP contribution in [0.25, 0.3) is 17.3 Å². The number of hydrogen-bond donors (Lipinski definition) is 3. The zero-order valence-corrected chi connectivity index (χ0v) is 33.0. The number of ether oxygens (including phenoxy) is 2. The number of anilines is 2. The molecule has 1 atom stereocenters. The number of nitrogens with one attached hydrogen (secondary N) is 3. The minimum atomic E-state index is -0.647. The van der Waals surface area contributed by atoms with E-state index in [9.17, 15) is 14.4 Å². The Balaban J connectivity index is 1.08. The van der Waals surface area contributed by atoms with Gasteiger partial charge in [0, 0.05) is 27.1 Å². The highest BCUT2D eigenvalue weighted by molar-refractivity contribution is 8.00. The van der Waals surface area contributed by atoms with Crippen molar-refractivity contribution in [1.29, 1.82) is 0 Å². The first-order valence-electron chi connectivity index (χ1n) is 18.3. The largest absolute Gasteiger partial charge is 0.496 e. The van der Waals surface area contributed by atoms with Gasteiger partial charge in [0.1, 0.15) is 29.1 Å². The van der Waals surface area contributed by atoms with Crippen molar-refractivity contribution in [3.63, 3.8) is 0 Å². The van der Waals surface area contributed by atoms with E-state index in [-0.39, 0.29) is 11.6 Å². The van der Waals surface area contributed by atoms with Crippen LogP contribution in [0.5, 0.6) is 11.5 Å². The fraction of sp³-hybridized carbons (Fsp3) is 0.0638. The molecule has 0 saturated carbocycles. The summed E-state index contributed by atoms with van der Waals surface area (Å²) in [7, 11) is 1.61. The van der Waals surface area contributed by atoms with E-state index in [0.29, 0.717) is 45.7 Å². The Morgan fingerprint density at radius 1 is 0.759 bits per heavy atom. The predicted octanol–water partition coefficient (Wildman–Crippen LogP) is 10.3. The van der Waals surface area contributed by atoms with Crippen LogP contribution < -0.4 is 25.4 Å². The zero-order chi connectivity index (χ0) is 40.1. The van der Waals surface area contributed by atoms with Crippen molar-refractivity contribution >= 4 is 57.7 Å². The van der Waals surface area contributed by atoms with Crippen molar-refractivity contribution in [2.24, 2.45) is 0 Å². The lowest BCUT2D eigenvalue weighted by Crippen LogP contribution is -2.30. The summed E-state index contributed by atoms with van der Waals surface area (Å²) in [6.07, 6.45) is 1.61. The molecule has 0 fully saturated rings. The van der Waals surface area contributed by atoms with Crippen LogP contribution in [0.2, 0.25) is 0 Å². The van der Waals surface area contributed by atoms with Crippen molar-refractivity contribution in [1.82, 2.24) is 10.3 Å². The Hall–Kier alpha value is -6.95. The number of para-hydroxylation sites is 1. The third-order valence-electron chi connectivity index (χ3n) is 8.77. The van der Waals surface area contributed by atoms with Gasteiger partial charge in [0.2, 0.25) is 5.91 Å². The van der Waals surface area contributed by atoms with Gasteiger partial charge in [0.15, 0.2) is 5.13 Å². The Morgan fingerprint density at radius 2 is 1.45 bits per heavy atom. The summed E-state index contributed by atoms with van der Waals surface area (Å²) in [5.74, 6) is 0.151. The molecule has 0 saturated heterocycles. The molecular formula is C47H38N4O5S2. The summed E-state index contributed by atoms with van der Waals surface area (Å²) in [6, 6.07) is 50.1. The van der Waals surface area contributed by atoms with E-state index in [4.69, 9.17) is 9.47 Å². The second kappa shape index (κ2) is 19.3. The Kier molecular flexibility index (Phi) is 13.1. The van der Waals surface area contributed by atoms with E-state index in [1.807, 2.05) is 127 Å². The minimum Gasteiger partial charge on any atom is -0.496 e. The number of thiazole rings is 1. The average Bonchev–Trinajstić information content (AvgIpc) is 3.74. The average molecular weight is 803 g/mol. The quantitative estimate of drug-likeness (QED) is 0.0698. The maximum absolute atomic E-state index is 13.9. The molecule has 1 unspecified atom stereocenters. The standard InChI is InChI=1S/C47H38N4O5S2/c1-55-42-23-12-11-22-39(42)41-31-57-47(50-41)51-46(54)43(34-16-7-3-8-17-34)58-38-21-13-20-36(29-38)48-45(53)40(49-44(52)35-18-9-4-10-19-35)28-32-24-26-37(27-25-32)56-30-33-14-5-2-6-15-33/h2-29,31,43H,30H2,1H3,(H,48,53)(H,49,52)(H,50,51,54)/b40-28-. The third kappa shape index (κ3) is 10.5. The van der Waals surface area contributed by atoms with Crippen molar-refractivity contribution in [3.8, 4) is 22.8 Å². The Bertz CT molecular complexity index is 2510. The first-order valence-corrected chi connectivity index (χ1v) is 20.1. The molecule has 0 aliphatic carbocycles. The molecule has 6 aromatic carbocycles. The topological polar surface area (TPSA) is 119 Å². The highest BCUT2D eigenvalue weighted by Crippen LogP contribution is 2.38. The number of amides is 3. The molecule has 1 heterocycles. The van der Waals surface area contributed by atoms with Crippen molar-refractivity contribution in [3.05, 3.63) is 197 Å². The fourth-order valence-corrected chi connectivity index (χ4v) is 7.67. The number of thioether (sulfide) groups is 1. The first-order chi connectivity index (χ1) is 28.4. The summed E-state index contributed by atoms with van der Waals surface area (Å²) in [5.41, 5.74) is 4.98. The molecular weight excluding hydrogens is 765 g/mol. The predicted molar refractivity (Wildman–Crippen MR) is 232 cm³/mol. The number of methoxy groups -OCH3 is 1. The molecule has 0 radical (unpaired) electrons. The minimum absolute atomic E-state index is 0.0438. The lowest BCUT2D eigenvalue weighted by molar-refractivity contribution is -0.116. The highest BCUT2D eigenvalue weighted by Gasteiger charge is 2.24. The normalized spacial score (nSPS) is 11.6. The smallest absolute Gasteiger partial charge is 0.272 e. The molecule has 0 aliphatic heterocycles. The van der Waals surface area contributed by atoms with Crippen LogP contribution in [0, 0.1) is 0 Å². The second-order valence-electron chi connectivity index (χ2n) is 12.8. The van der Waals surface area contributed by atoms with Gasteiger partial charge in [-0.25, -0.2) is 4.98 Å². The summed E-state index contributed by atoms with van der Waals surface area (Å²) in [6.45, 7) is 0.419. The van der Waals surface area contributed by atoms with E-state index in [0.717, 1.165) is 21.6 Å². The van der Waals surface area contributed by atoms with Gasteiger partial charge in [0.05, 0.1) is 12.8 Å². The molecule has 3 amide bonds. The molecule has 9 nitrogen and oxygen atoms in total. The molecule has 0 aliphatic rings. The number of carbonyl (C=O) groups excluding carboxylic acids is 3. The maximum atomic E-state index is 13.9. The van der Waals surface area contributed by atoms with Gasteiger partial charge in [-0.1, -0.05) is 109 Å². The van der Waals surface area contributed by atoms with Crippen LogP contribution in [0.15, 0.2) is 180 Å². The van der Waals surface area contributed by atoms with Crippen LogP contribution in [0.4, 0.5) is 10.8 Å². The number of benzene rings is 6. The summed E-state index contributed by atoms with van der Waals surface area (Å²) in [5, 5.41) is 10.4. The third-order valence-corrected chi connectivity index (χ3v) is 10.8. The van der Waals surface area contributed by atoms with E-state index < -0.39 is 17.1 Å². The molecule has 0 spiro atoms. The van der Waals surface area contributed by atoms with E-state index in [1.54, 1.807) is 55.7 Å². The summed E-state index contributed by atoms with van der Waals surface area (Å²) in [4.78, 5) is 46.6. The summed E-state index contributed by atoms with van der Waals surface area (Å²) >= 11 is 2.67. The van der Waals surface area contributed by atoms with Crippen LogP contribution >= 0.6 is 23.1 Å². The number of rotatable bonds is 15. The van der Waals surface area contributed by atoms with Crippen molar-refractivity contribution in [2.45, 2.75) is 16.8 Å². The second-order valence-corrected chi connectivity index (χ2v) is 14.9. The highest BCUT2D eigenvalue weighted by atomic mass is 32.2. The van der Waals surface area contributed by atoms with Crippen molar-refractivity contribution < 1.29 is 23.9 Å². The van der Waals surface area contributed by atoms with Gasteiger partial charge in [-0.2, -0.15) is 0 Å². The molecule has 3 N–H and O–H groups in total. The van der Waals surface area contributed by atoms with Gasteiger partial charge in [-0.05, 0) is 77.4 Å². The van der Waals surface area contributed by atoms with E-state index >= 15 is 0 Å². The first kappa shape index (κ1) is 39.3. The lowest BCUT2D eigenvalue weighted by atomic mass is 10.1. The number of aromatic nitrogens is 1. The van der Waals surface area contributed by atoms with Gasteiger partial charge < -0.3 is 25.4 Å². The summed E-state index contributed by atoms with van der Waals surface area (Å²) < 4.78 is 11.4. The molecule has 58 heavy (non-hydrogen) atoms. The molecule has 11 heteroatoms. The Morgan fingerprint density at radius 3 is 2.19 bits per heavy atom. The SMILES string of the molecule is COc1ccccc1-c1csc(NC(=O)C(Sc2cccc(NC(=O)/C(=C/c3ccc(OCc4ccccc4)cc3)NC(=O)c3ccccc3)c2)c2ccccc2)n1. The number of nitrogens with zero attached hydrogens (tertiary/aromatic N) is 1. The molecule has 7 rings (SSSR count). The van der Waals surface area contributed by atoms with E-state index in [1.165, 1.54) is 23.1 Å². The van der Waals surface area contributed by atoms with Crippen LogP contribution in [-0.4, -0.2) is 29.8 Å². The zero-order valence-electron chi connectivity index (χ0n) is 31.3. The Labute approximate surface area is 344 Å². The van der Waals surface area contributed by atoms with Crippen LogP contribution in [-0.2, 0) is 16.2 Å². The van der Waals surface area contributed by atoms with Gasteiger partial charge in [-0.15, -0.1) is 23.1 Å². The van der Waals surface area contributed by atoms with Gasteiger partial charge >= 0.3 is 0 Å².